The van der Waals surface area contributed by atoms with Gasteiger partial charge in [0.05, 0.1) is 22.1 Å². The third-order valence-electron chi connectivity index (χ3n) is 5.09. The first-order chi connectivity index (χ1) is 17.4. The van der Waals surface area contributed by atoms with Crippen LogP contribution < -0.4 is 4.74 Å². The van der Waals surface area contributed by atoms with E-state index in [2.05, 4.69) is 4.99 Å². The van der Waals surface area contributed by atoms with Gasteiger partial charge < -0.3 is 14.6 Å². The molecule has 0 saturated heterocycles. The highest BCUT2D eigenvalue weighted by Gasteiger charge is 2.33. The van der Waals surface area contributed by atoms with E-state index >= 15 is 0 Å². The van der Waals surface area contributed by atoms with Gasteiger partial charge in [0.25, 0.3) is 5.69 Å². The smallest absolute Gasteiger partial charge is 0.344 e. The Morgan fingerprint density at radius 1 is 1.06 bits per heavy atom. The van der Waals surface area contributed by atoms with Crippen LogP contribution in [-0.2, 0) is 16.1 Å². The maximum Gasteiger partial charge on any atom is 0.344 e. The van der Waals surface area contributed by atoms with Crippen LogP contribution in [0.2, 0.25) is 0 Å². The number of carbonyl (C=O) groups is 1. The zero-order chi connectivity index (χ0) is 25.5. The number of nitro groups is 1. The lowest BCUT2D eigenvalue weighted by Gasteiger charge is -2.07. The van der Waals surface area contributed by atoms with Crippen molar-refractivity contribution in [3.8, 4) is 5.75 Å². The summed E-state index contributed by atoms with van der Waals surface area (Å²) in [5.41, 5.74) is 2.32. The summed E-state index contributed by atoms with van der Waals surface area (Å²) in [5.74, 6) is -0.185. The molecule has 0 saturated carbocycles. The van der Waals surface area contributed by atoms with Gasteiger partial charge in [0.2, 0.25) is 0 Å². The normalized spacial score (nSPS) is 15.4. The number of carbonyl (C=O) groups excluding carboxylic acids is 1. The first-order valence-electron chi connectivity index (χ1n) is 11.0. The van der Waals surface area contributed by atoms with Gasteiger partial charge in [0.15, 0.2) is 0 Å². The van der Waals surface area contributed by atoms with Crippen molar-refractivity contribution in [3.63, 3.8) is 0 Å². The summed E-state index contributed by atoms with van der Waals surface area (Å²) in [6, 6.07) is 22.6. The number of hydrogen-bond acceptors (Lipinski definition) is 8. The van der Waals surface area contributed by atoms with Gasteiger partial charge in [0.1, 0.15) is 28.7 Å². The number of rotatable bonds is 8. The molecule has 0 aromatic heterocycles. The zero-order valence-corrected chi connectivity index (χ0v) is 20.1. The van der Waals surface area contributed by atoms with Crippen LogP contribution in [0.3, 0.4) is 0 Å². The van der Waals surface area contributed by atoms with Crippen molar-refractivity contribution < 1.29 is 24.3 Å². The number of esters is 1. The largest absolute Gasteiger partial charge is 0.506 e. The Hall–Kier alpha value is -4.37. The predicted octanol–water partition coefficient (Wildman–Crippen LogP) is 6.37. The van der Waals surface area contributed by atoms with E-state index in [1.165, 1.54) is 23.9 Å². The van der Waals surface area contributed by atoms with Crippen LogP contribution in [0.25, 0.3) is 6.08 Å². The maximum atomic E-state index is 12.5. The number of thioether (sulfide) groups is 1. The Balaban J connectivity index is 1.50. The number of para-hydroxylation sites is 1. The molecule has 8 nitrogen and oxygen atoms in total. The van der Waals surface area contributed by atoms with Crippen molar-refractivity contribution in [2.75, 3.05) is 6.61 Å². The molecule has 0 unspecified atom stereocenters. The Labute approximate surface area is 211 Å². The minimum Gasteiger partial charge on any atom is -0.506 e. The number of nitro benzene ring substituents is 1. The van der Waals surface area contributed by atoms with Crippen LogP contribution in [0.5, 0.6) is 5.75 Å². The van der Waals surface area contributed by atoms with Gasteiger partial charge in [-0.25, -0.2) is 9.79 Å². The Bertz CT molecular complexity index is 1350. The number of hydrogen-bond donors (Lipinski definition) is 1. The second-order valence-electron chi connectivity index (χ2n) is 7.59. The van der Waals surface area contributed by atoms with E-state index in [1.807, 2.05) is 42.5 Å². The van der Waals surface area contributed by atoms with Crippen LogP contribution in [0.1, 0.15) is 18.1 Å². The second kappa shape index (κ2) is 11.4. The van der Waals surface area contributed by atoms with Gasteiger partial charge in [-0.3, -0.25) is 10.1 Å². The van der Waals surface area contributed by atoms with Crippen molar-refractivity contribution in [2.24, 2.45) is 4.99 Å². The van der Waals surface area contributed by atoms with Gasteiger partial charge in [-0.15, -0.1) is 0 Å². The SMILES string of the molecule is CCOC(=O)C1=C(O)/C(=C/c2ccc(OCc3ccc([N+](=O)[O-])cc3)cc2)SC1=Nc1ccccc1. The van der Waals surface area contributed by atoms with Crippen LogP contribution >= 0.6 is 11.8 Å². The molecule has 182 valence electrons. The lowest BCUT2D eigenvalue weighted by Crippen LogP contribution is -2.12. The first-order valence-corrected chi connectivity index (χ1v) is 11.9. The van der Waals surface area contributed by atoms with E-state index < -0.39 is 10.9 Å². The quantitative estimate of drug-likeness (QED) is 0.216. The number of ether oxygens (including phenoxy) is 2. The molecular formula is C27H22N2O6S. The minimum atomic E-state index is -0.629. The lowest BCUT2D eigenvalue weighted by atomic mass is 10.1. The molecule has 0 bridgehead atoms. The van der Waals surface area contributed by atoms with Crippen LogP contribution in [0.15, 0.2) is 100 Å². The van der Waals surface area contributed by atoms with Gasteiger partial charge in [-0.2, -0.15) is 0 Å². The molecule has 0 amide bonds. The molecule has 0 spiro atoms. The summed E-state index contributed by atoms with van der Waals surface area (Å²) in [5, 5.41) is 22.0. The van der Waals surface area contributed by atoms with E-state index in [0.29, 0.717) is 21.4 Å². The molecule has 3 aromatic carbocycles. The fourth-order valence-electron chi connectivity index (χ4n) is 3.30. The first kappa shape index (κ1) is 24.7. The molecule has 1 heterocycles. The molecule has 4 rings (SSSR count). The van der Waals surface area contributed by atoms with Crippen molar-refractivity contribution in [3.05, 3.63) is 116 Å². The van der Waals surface area contributed by atoms with E-state index in [9.17, 15) is 20.0 Å². The number of aliphatic hydroxyl groups is 1. The predicted molar refractivity (Wildman–Crippen MR) is 139 cm³/mol. The number of non-ortho nitro benzene ring substituents is 1. The lowest BCUT2D eigenvalue weighted by molar-refractivity contribution is -0.384. The van der Waals surface area contributed by atoms with Crippen molar-refractivity contribution >= 4 is 40.2 Å². The van der Waals surface area contributed by atoms with Gasteiger partial charge in [-0.1, -0.05) is 42.1 Å². The molecule has 1 aliphatic rings. The number of aliphatic imine (C=N–C) groups is 1. The number of nitrogens with zero attached hydrogens (tertiary/aromatic N) is 2. The third kappa shape index (κ3) is 6.00. The highest BCUT2D eigenvalue weighted by atomic mass is 32.2. The van der Waals surface area contributed by atoms with E-state index in [1.54, 1.807) is 37.3 Å². The molecule has 0 radical (unpaired) electrons. The summed E-state index contributed by atoms with van der Waals surface area (Å²) in [6.45, 7) is 2.15. The fourth-order valence-corrected chi connectivity index (χ4v) is 4.34. The van der Waals surface area contributed by atoms with Gasteiger partial charge in [0, 0.05) is 12.1 Å². The molecule has 1 aliphatic heterocycles. The monoisotopic (exact) mass is 502 g/mol. The van der Waals surface area contributed by atoms with Crippen LogP contribution in [0.4, 0.5) is 11.4 Å². The molecule has 1 N–H and O–H groups in total. The van der Waals surface area contributed by atoms with E-state index in [0.717, 1.165) is 11.1 Å². The maximum absolute atomic E-state index is 12.5. The summed E-state index contributed by atoms with van der Waals surface area (Å²) in [7, 11) is 0. The average molecular weight is 503 g/mol. The third-order valence-corrected chi connectivity index (χ3v) is 6.11. The van der Waals surface area contributed by atoms with Gasteiger partial charge >= 0.3 is 5.97 Å². The molecular weight excluding hydrogens is 480 g/mol. The zero-order valence-electron chi connectivity index (χ0n) is 19.3. The molecule has 0 aliphatic carbocycles. The van der Waals surface area contributed by atoms with Gasteiger partial charge in [-0.05, 0) is 60.5 Å². The highest BCUT2D eigenvalue weighted by Crippen LogP contribution is 2.40. The summed E-state index contributed by atoms with van der Waals surface area (Å²) < 4.78 is 10.9. The number of benzene rings is 3. The molecule has 36 heavy (non-hydrogen) atoms. The van der Waals surface area contributed by atoms with Crippen LogP contribution in [-0.4, -0.2) is 27.6 Å². The van der Waals surface area contributed by atoms with Crippen molar-refractivity contribution in [2.45, 2.75) is 13.5 Å². The molecule has 9 heteroatoms. The topological polar surface area (TPSA) is 111 Å². The molecule has 0 fully saturated rings. The second-order valence-corrected chi connectivity index (χ2v) is 8.62. The highest BCUT2D eigenvalue weighted by molar-refractivity contribution is 8.18. The van der Waals surface area contributed by atoms with E-state index in [4.69, 9.17) is 9.47 Å². The van der Waals surface area contributed by atoms with Crippen molar-refractivity contribution in [1.82, 2.24) is 0 Å². The summed E-state index contributed by atoms with van der Waals surface area (Å²) >= 11 is 1.19. The fraction of sp³-hybridized carbons (Fsp3) is 0.111. The summed E-state index contributed by atoms with van der Waals surface area (Å²) in [6.07, 6.45) is 1.76. The average Bonchev–Trinajstić information content (AvgIpc) is 3.18. The standard InChI is InChI=1S/C27H22N2O6S/c1-2-34-27(31)24-25(30)23(36-26(24)28-20-6-4-3-5-7-20)16-18-10-14-22(15-11-18)35-17-19-8-12-21(13-9-19)29(32)33/h3-16,30H,2,17H2,1H3/b23-16-,28-26?. The Kier molecular flexibility index (Phi) is 7.82. The molecule has 3 aromatic rings. The Morgan fingerprint density at radius 2 is 1.75 bits per heavy atom. The van der Waals surface area contributed by atoms with Crippen LogP contribution in [0, 0.1) is 10.1 Å². The molecule has 0 atom stereocenters. The van der Waals surface area contributed by atoms with E-state index in [-0.39, 0.29) is 30.2 Å². The van der Waals surface area contributed by atoms with Crippen molar-refractivity contribution in [1.29, 1.82) is 0 Å². The summed E-state index contributed by atoms with van der Waals surface area (Å²) in [4.78, 5) is 27.9. The minimum absolute atomic E-state index is 0.0290. The number of aliphatic hydroxyl groups excluding tert-OH is 1. The Morgan fingerprint density at radius 3 is 2.39 bits per heavy atom.